The van der Waals surface area contributed by atoms with Crippen LogP contribution in [0.4, 0.5) is 4.39 Å². The molecule has 1 fully saturated rings. The summed E-state index contributed by atoms with van der Waals surface area (Å²) in [6.45, 7) is 4.00. The smallest absolute Gasteiger partial charge is 0.247 e. The highest BCUT2D eigenvalue weighted by atomic mass is 19.1. The fraction of sp³-hybridized carbons (Fsp3) is 0.250. The molecule has 2 N–H and O–H groups in total. The Kier molecular flexibility index (Phi) is 5.10. The lowest BCUT2D eigenvalue weighted by Crippen LogP contribution is -2.18. The van der Waals surface area contributed by atoms with Crippen molar-refractivity contribution in [2.45, 2.75) is 32.2 Å². The number of aromatic nitrogens is 3. The monoisotopic (exact) mass is 350 g/mol. The van der Waals surface area contributed by atoms with Crippen LogP contribution in [0.2, 0.25) is 0 Å². The summed E-state index contributed by atoms with van der Waals surface area (Å²) in [5, 5.41) is 3.92. The van der Waals surface area contributed by atoms with Gasteiger partial charge in [0.15, 0.2) is 0 Å². The van der Waals surface area contributed by atoms with Gasteiger partial charge in [-0.2, -0.15) is 4.98 Å². The van der Waals surface area contributed by atoms with Gasteiger partial charge in [-0.1, -0.05) is 36.9 Å². The van der Waals surface area contributed by atoms with Crippen molar-refractivity contribution in [2.75, 3.05) is 0 Å². The van der Waals surface area contributed by atoms with E-state index < -0.39 is 5.54 Å². The molecule has 5 nitrogen and oxygen atoms in total. The predicted octanol–water partition coefficient (Wildman–Crippen LogP) is 3.64. The van der Waals surface area contributed by atoms with E-state index in [0.29, 0.717) is 28.5 Å². The average molecular weight is 350 g/mol. The predicted molar refractivity (Wildman–Crippen MR) is 96.4 cm³/mol. The number of benzene rings is 1. The molecule has 1 aliphatic carbocycles. The molecule has 0 aliphatic heterocycles. The molecule has 0 unspecified atom stereocenters. The maximum atomic E-state index is 13.1. The van der Waals surface area contributed by atoms with Gasteiger partial charge in [-0.15, -0.1) is 0 Å². The Morgan fingerprint density at radius 3 is 2.54 bits per heavy atom. The SMILES string of the molecule is CC.NC1(c2nc(-c3ccc(C#Cc4cccc(F)c4)cn3)no2)CC1. The van der Waals surface area contributed by atoms with Crippen molar-refractivity contribution in [3.63, 3.8) is 0 Å². The second-order valence-electron chi connectivity index (χ2n) is 5.77. The number of hydrogen-bond acceptors (Lipinski definition) is 5. The lowest BCUT2D eigenvalue weighted by Gasteiger charge is -1.98. The van der Waals surface area contributed by atoms with E-state index in [9.17, 15) is 4.39 Å². The van der Waals surface area contributed by atoms with E-state index in [-0.39, 0.29) is 5.82 Å². The number of nitrogens with zero attached hydrogens (tertiary/aromatic N) is 3. The average Bonchev–Trinajstić information content (AvgIpc) is 3.22. The Morgan fingerprint density at radius 1 is 1.12 bits per heavy atom. The number of nitrogens with two attached hydrogens (primary N) is 1. The first-order valence-corrected chi connectivity index (χ1v) is 8.49. The van der Waals surface area contributed by atoms with Crippen LogP contribution in [0.15, 0.2) is 47.1 Å². The Morgan fingerprint density at radius 2 is 1.88 bits per heavy atom. The highest BCUT2D eigenvalue weighted by molar-refractivity contribution is 5.51. The zero-order valence-electron chi connectivity index (χ0n) is 14.7. The third kappa shape index (κ3) is 3.95. The molecule has 2 heterocycles. The maximum Gasteiger partial charge on any atom is 0.247 e. The van der Waals surface area contributed by atoms with Crippen molar-refractivity contribution in [2.24, 2.45) is 5.73 Å². The van der Waals surface area contributed by atoms with Crippen LogP contribution in [0, 0.1) is 17.7 Å². The fourth-order valence-electron chi connectivity index (χ4n) is 2.19. The Labute approximate surface area is 151 Å². The van der Waals surface area contributed by atoms with Crippen LogP contribution in [-0.4, -0.2) is 15.1 Å². The molecule has 132 valence electrons. The van der Waals surface area contributed by atoms with Gasteiger partial charge in [-0.3, -0.25) is 4.98 Å². The number of halogens is 1. The largest absolute Gasteiger partial charge is 0.337 e. The van der Waals surface area contributed by atoms with Crippen LogP contribution < -0.4 is 5.73 Å². The highest BCUT2D eigenvalue weighted by Crippen LogP contribution is 2.41. The molecular weight excluding hydrogens is 331 g/mol. The molecule has 0 radical (unpaired) electrons. The third-order valence-electron chi connectivity index (χ3n) is 3.81. The van der Waals surface area contributed by atoms with Crippen LogP contribution in [-0.2, 0) is 5.54 Å². The summed E-state index contributed by atoms with van der Waals surface area (Å²) in [4.78, 5) is 8.60. The van der Waals surface area contributed by atoms with E-state index >= 15 is 0 Å². The summed E-state index contributed by atoms with van der Waals surface area (Å²) in [6, 6.07) is 9.71. The molecule has 0 bridgehead atoms. The molecular formula is C20H19FN4O. The lowest BCUT2D eigenvalue weighted by atomic mass is 10.2. The second-order valence-corrected chi connectivity index (χ2v) is 5.77. The first-order chi connectivity index (χ1) is 12.6. The molecule has 0 saturated heterocycles. The summed E-state index contributed by atoms with van der Waals surface area (Å²) >= 11 is 0. The van der Waals surface area contributed by atoms with Crippen molar-refractivity contribution >= 4 is 0 Å². The van der Waals surface area contributed by atoms with Gasteiger partial charge in [0, 0.05) is 17.3 Å². The van der Waals surface area contributed by atoms with Crippen LogP contribution >= 0.6 is 0 Å². The number of rotatable bonds is 2. The molecule has 0 spiro atoms. The van der Waals surface area contributed by atoms with Gasteiger partial charge < -0.3 is 10.3 Å². The van der Waals surface area contributed by atoms with Gasteiger partial charge in [-0.25, -0.2) is 4.39 Å². The zero-order valence-corrected chi connectivity index (χ0v) is 14.7. The first-order valence-electron chi connectivity index (χ1n) is 8.49. The molecule has 6 heteroatoms. The summed E-state index contributed by atoms with van der Waals surface area (Å²) in [5.41, 5.74) is 7.48. The minimum atomic E-state index is -0.457. The molecule has 1 aliphatic rings. The van der Waals surface area contributed by atoms with Crippen molar-refractivity contribution in [3.05, 3.63) is 65.4 Å². The molecule has 26 heavy (non-hydrogen) atoms. The lowest BCUT2D eigenvalue weighted by molar-refractivity contribution is 0.348. The Hall–Kier alpha value is -3.04. The maximum absolute atomic E-state index is 13.1. The molecule has 0 amide bonds. The zero-order chi connectivity index (χ0) is 18.6. The van der Waals surface area contributed by atoms with Gasteiger partial charge in [0.2, 0.25) is 11.7 Å². The summed E-state index contributed by atoms with van der Waals surface area (Å²) < 4.78 is 18.3. The molecule has 2 aromatic heterocycles. The second kappa shape index (κ2) is 7.46. The minimum absolute atomic E-state index is 0.309. The number of hydrogen-bond donors (Lipinski definition) is 1. The van der Waals surface area contributed by atoms with Gasteiger partial charge in [-0.05, 0) is 43.2 Å². The van der Waals surface area contributed by atoms with E-state index in [1.165, 1.54) is 12.1 Å². The molecule has 0 atom stereocenters. The normalized spacial score (nSPS) is 13.8. The van der Waals surface area contributed by atoms with E-state index in [1.807, 2.05) is 13.8 Å². The Balaban J connectivity index is 0.000000948. The standard InChI is InChI=1S/C18H13FN4O.C2H6/c19-14-3-1-2-12(10-14)4-5-13-6-7-15(21-11-13)16-22-17(24-23-16)18(20)8-9-18;1-2/h1-3,6-7,10-11H,8-9,20H2;1-2H3. The van der Waals surface area contributed by atoms with E-state index in [4.69, 9.17) is 10.3 Å². The van der Waals surface area contributed by atoms with Gasteiger partial charge >= 0.3 is 0 Å². The fourth-order valence-corrected chi connectivity index (χ4v) is 2.19. The van der Waals surface area contributed by atoms with Crippen molar-refractivity contribution in [1.82, 2.24) is 15.1 Å². The molecule has 1 aromatic carbocycles. The Bertz CT molecular complexity index is 950. The van der Waals surface area contributed by atoms with Gasteiger partial charge in [0.1, 0.15) is 11.5 Å². The van der Waals surface area contributed by atoms with Crippen molar-refractivity contribution in [3.8, 4) is 23.4 Å². The van der Waals surface area contributed by atoms with Crippen LogP contribution in [0.5, 0.6) is 0 Å². The summed E-state index contributed by atoms with van der Waals surface area (Å²) in [6.07, 6.45) is 3.33. The van der Waals surface area contributed by atoms with Gasteiger partial charge in [0.25, 0.3) is 0 Å². The quantitative estimate of drug-likeness (QED) is 0.714. The van der Waals surface area contributed by atoms with Crippen molar-refractivity contribution in [1.29, 1.82) is 0 Å². The summed E-state index contributed by atoms with van der Waals surface area (Å²) in [5.74, 6) is 6.39. The molecule has 1 saturated carbocycles. The highest BCUT2D eigenvalue weighted by Gasteiger charge is 2.45. The molecule has 4 rings (SSSR count). The van der Waals surface area contributed by atoms with E-state index in [2.05, 4.69) is 27.0 Å². The minimum Gasteiger partial charge on any atom is -0.337 e. The first kappa shape index (κ1) is 17.8. The van der Waals surface area contributed by atoms with Crippen LogP contribution in [0.1, 0.15) is 43.7 Å². The van der Waals surface area contributed by atoms with E-state index in [0.717, 1.165) is 12.8 Å². The number of pyridine rings is 1. The van der Waals surface area contributed by atoms with Gasteiger partial charge in [0.05, 0.1) is 5.54 Å². The summed E-state index contributed by atoms with van der Waals surface area (Å²) in [7, 11) is 0. The van der Waals surface area contributed by atoms with E-state index in [1.54, 1.807) is 30.5 Å². The third-order valence-corrected chi connectivity index (χ3v) is 3.81. The topological polar surface area (TPSA) is 77.8 Å². The molecule has 3 aromatic rings. The van der Waals surface area contributed by atoms with Crippen molar-refractivity contribution < 1.29 is 8.91 Å². The van der Waals surface area contributed by atoms with Crippen LogP contribution in [0.25, 0.3) is 11.5 Å². The van der Waals surface area contributed by atoms with Crippen LogP contribution in [0.3, 0.4) is 0 Å².